The lowest BCUT2D eigenvalue weighted by molar-refractivity contribution is -0.132. The number of carbonyl (C=O) groups excluding carboxylic acids is 1. The molecule has 0 spiro atoms. The smallest absolute Gasteiger partial charge is 0.298 e. The van der Waals surface area contributed by atoms with E-state index in [9.17, 15) is 4.79 Å². The van der Waals surface area contributed by atoms with E-state index < -0.39 is 0 Å². The van der Waals surface area contributed by atoms with Gasteiger partial charge in [0.05, 0.1) is 23.5 Å². The lowest BCUT2D eigenvalue weighted by Gasteiger charge is -2.47. The van der Waals surface area contributed by atoms with Gasteiger partial charge in [0.1, 0.15) is 11.9 Å². The molecule has 198 valence electrons. The predicted octanol–water partition coefficient (Wildman–Crippen LogP) is 3.06. The lowest BCUT2D eigenvalue weighted by Crippen LogP contribution is -2.61. The van der Waals surface area contributed by atoms with Gasteiger partial charge >= 0.3 is 0 Å². The molecule has 0 radical (unpaired) electrons. The highest BCUT2D eigenvalue weighted by Gasteiger charge is 2.39. The molecule has 9 heteroatoms. The van der Waals surface area contributed by atoms with Crippen molar-refractivity contribution in [3.63, 3.8) is 0 Å². The molecule has 4 aliphatic rings. The van der Waals surface area contributed by atoms with E-state index in [1.165, 1.54) is 0 Å². The average molecular weight is 514 g/mol. The molecule has 3 atom stereocenters. The Balaban J connectivity index is 1.16. The number of anilines is 1. The molecule has 0 bridgehead atoms. The van der Waals surface area contributed by atoms with E-state index in [2.05, 4.69) is 52.4 Å². The fraction of sp³-hybridized carbons (Fsp3) is 0.517. The summed E-state index contributed by atoms with van der Waals surface area (Å²) in [5, 5.41) is 8.02. The van der Waals surface area contributed by atoms with Gasteiger partial charge in [0.25, 0.3) is 5.91 Å². The van der Waals surface area contributed by atoms with Crippen LogP contribution in [0.2, 0.25) is 0 Å². The molecule has 6 rings (SSSR count). The number of allylic oxidation sites excluding steroid dienone is 1. The van der Waals surface area contributed by atoms with Crippen LogP contribution in [0.25, 0.3) is 0 Å². The number of fused-ring (bicyclic) bond motifs is 2. The fourth-order valence-electron chi connectivity index (χ4n) is 6.28. The quantitative estimate of drug-likeness (QED) is 0.635. The normalized spacial score (nSPS) is 25.5. The van der Waals surface area contributed by atoms with Gasteiger partial charge < -0.3 is 15.0 Å². The van der Waals surface area contributed by atoms with Gasteiger partial charge in [-0.1, -0.05) is 12.0 Å². The van der Waals surface area contributed by atoms with Crippen molar-refractivity contribution in [2.45, 2.75) is 57.6 Å². The summed E-state index contributed by atoms with van der Waals surface area (Å²) >= 11 is 0. The second-order valence-electron chi connectivity index (χ2n) is 10.9. The minimum atomic E-state index is -0.0792. The number of amides is 1. The molecular weight excluding hydrogens is 478 g/mol. The van der Waals surface area contributed by atoms with Crippen LogP contribution in [0.4, 0.5) is 5.69 Å². The van der Waals surface area contributed by atoms with Crippen LogP contribution in [0.15, 0.2) is 35.7 Å². The highest BCUT2D eigenvalue weighted by molar-refractivity contribution is 6.01. The first-order chi connectivity index (χ1) is 18.4. The second kappa shape index (κ2) is 9.91. The minimum Gasteiger partial charge on any atom is -0.486 e. The summed E-state index contributed by atoms with van der Waals surface area (Å²) in [7, 11) is 1.94. The van der Waals surface area contributed by atoms with Crippen LogP contribution in [0.3, 0.4) is 0 Å². The zero-order chi connectivity index (χ0) is 26.4. The van der Waals surface area contributed by atoms with Gasteiger partial charge in [-0.2, -0.15) is 5.10 Å². The Morgan fingerprint density at radius 3 is 2.74 bits per heavy atom. The number of pyridine rings is 1. The fourth-order valence-corrected chi connectivity index (χ4v) is 6.28. The van der Waals surface area contributed by atoms with Crippen LogP contribution in [-0.4, -0.2) is 74.6 Å². The Morgan fingerprint density at radius 1 is 1.24 bits per heavy atom. The van der Waals surface area contributed by atoms with E-state index >= 15 is 0 Å². The Kier molecular flexibility index (Phi) is 6.44. The maximum absolute atomic E-state index is 12.0. The first-order valence-corrected chi connectivity index (χ1v) is 13.5. The molecule has 9 nitrogen and oxygen atoms in total. The average Bonchev–Trinajstić information content (AvgIpc) is 3.25. The summed E-state index contributed by atoms with van der Waals surface area (Å²) in [6.45, 7) is 9.46. The van der Waals surface area contributed by atoms with Gasteiger partial charge in [-0.3, -0.25) is 19.4 Å². The molecule has 0 aromatic carbocycles. The Bertz CT molecular complexity index is 1350. The van der Waals surface area contributed by atoms with E-state index in [0.717, 1.165) is 73.2 Å². The van der Waals surface area contributed by atoms with Gasteiger partial charge in [-0.25, -0.2) is 4.99 Å². The molecule has 0 aliphatic carbocycles. The number of carbonyl (C=O) groups is 1. The van der Waals surface area contributed by atoms with Crippen molar-refractivity contribution in [3.05, 3.63) is 47.7 Å². The van der Waals surface area contributed by atoms with Crippen LogP contribution in [0.5, 0.6) is 5.75 Å². The SMILES string of the molecule is CC#CC(=O)N1CC(N2CCC(c3cc4c(c(C)n3)O[C@H](C)C3C(=NC=CC3c3cnn(C)c3)N4)CC2)C1. The number of piperidine rings is 1. The Morgan fingerprint density at radius 2 is 2.03 bits per heavy atom. The van der Waals surface area contributed by atoms with E-state index in [-0.39, 0.29) is 23.8 Å². The Labute approximate surface area is 224 Å². The number of aliphatic imine (C=N–C) groups is 1. The number of nitrogens with one attached hydrogen (secondary N) is 1. The van der Waals surface area contributed by atoms with E-state index in [4.69, 9.17) is 14.7 Å². The van der Waals surface area contributed by atoms with Crippen LogP contribution < -0.4 is 10.1 Å². The van der Waals surface area contributed by atoms with Crippen LogP contribution in [-0.2, 0) is 11.8 Å². The van der Waals surface area contributed by atoms with Crippen molar-refractivity contribution in [2.75, 3.05) is 31.5 Å². The number of aromatic nitrogens is 3. The largest absolute Gasteiger partial charge is 0.486 e. The molecule has 38 heavy (non-hydrogen) atoms. The molecule has 6 heterocycles. The molecular formula is C29H35N7O2. The first-order valence-electron chi connectivity index (χ1n) is 13.5. The summed E-state index contributed by atoms with van der Waals surface area (Å²) in [5.74, 6) is 7.62. The van der Waals surface area contributed by atoms with E-state index in [0.29, 0.717) is 12.0 Å². The topological polar surface area (TPSA) is 87.9 Å². The van der Waals surface area contributed by atoms with Gasteiger partial charge in [0.2, 0.25) is 0 Å². The second-order valence-corrected chi connectivity index (χ2v) is 10.9. The van der Waals surface area contributed by atoms with Crippen molar-refractivity contribution in [2.24, 2.45) is 18.0 Å². The first kappa shape index (κ1) is 24.7. The predicted molar refractivity (Wildman–Crippen MR) is 146 cm³/mol. The summed E-state index contributed by atoms with van der Waals surface area (Å²) in [5.41, 5.74) is 4.13. The molecule has 1 N–H and O–H groups in total. The molecule has 2 saturated heterocycles. The summed E-state index contributed by atoms with van der Waals surface area (Å²) in [4.78, 5) is 26.1. The van der Waals surface area contributed by atoms with Crippen molar-refractivity contribution in [1.82, 2.24) is 24.6 Å². The molecule has 2 unspecified atom stereocenters. The molecule has 2 fully saturated rings. The molecule has 1 amide bonds. The van der Waals surface area contributed by atoms with E-state index in [1.807, 2.05) is 35.9 Å². The van der Waals surface area contributed by atoms with Gasteiger partial charge in [-0.05, 0) is 64.3 Å². The van der Waals surface area contributed by atoms with Gasteiger partial charge in [0.15, 0.2) is 5.75 Å². The number of amidine groups is 1. The van der Waals surface area contributed by atoms with Crippen molar-refractivity contribution in [3.8, 4) is 17.6 Å². The number of likely N-dealkylation sites (tertiary alicyclic amines) is 2. The number of ether oxygens (including phenoxy) is 1. The maximum Gasteiger partial charge on any atom is 0.298 e. The number of rotatable bonds is 3. The Hall–Kier alpha value is -3.64. The van der Waals surface area contributed by atoms with Crippen molar-refractivity contribution < 1.29 is 9.53 Å². The van der Waals surface area contributed by atoms with Crippen molar-refractivity contribution >= 4 is 17.4 Å². The number of hydrogen-bond acceptors (Lipinski definition) is 7. The zero-order valence-electron chi connectivity index (χ0n) is 22.5. The lowest BCUT2D eigenvalue weighted by atomic mass is 9.82. The maximum atomic E-state index is 12.0. The van der Waals surface area contributed by atoms with Crippen LogP contribution in [0, 0.1) is 24.7 Å². The number of hydrogen-bond donors (Lipinski definition) is 1. The highest BCUT2D eigenvalue weighted by atomic mass is 16.5. The van der Waals surface area contributed by atoms with Crippen LogP contribution >= 0.6 is 0 Å². The third-order valence-corrected chi connectivity index (χ3v) is 8.40. The highest BCUT2D eigenvalue weighted by Crippen LogP contribution is 2.42. The minimum absolute atomic E-state index is 0.0555. The zero-order valence-corrected chi connectivity index (χ0v) is 22.5. The van der Waals surface area contributed by atoms with Gasteiger partial charge in [0, 0.05) is 56.1 Å². The monoisotopic (exact) mass is 513 g/mol. The summed E-state index contributed by atoms with van der Waals surface area (Å²) in [6, 6.07) is 2.61. The summed E-state index contributed by atoms with van der Waals surface area (Å²) in [6.07, 6.45) is 10.1. The summed E-state index contributed by atoms with van der Waals surface area (Å²) < 4.78 is 8.40. The van der Waals surface area contributed by atoms with Gasteiger partial charge in [-0.15, -0.1) is 0 Å². The third kappa shape index (κ3) is 4.47. The number of aryl methyl sites for hydroxylation is 2. The number of nitrogens with zero attached hydrogens (tertiary/aromatic N) is 6. The van der Waals surface area contributed by atoms with Crippen molar-refractivity contribution in [1.29, 1.82) is 0 Å². The third-order valence-electron chi connectivity index (χ3n) is 8.40. The molecule has 4 aliphatic heterocycles. The van der Waals surface area contributed by atoms with Crippen LogP contribution in [0.1, 0.15) is 55.5 Å². The molecule has 2 aromatic rings. The van der Waals surface area contributed by atoms with E-state index in [1.54, 1.807) is 6.92 Å². The standard InChI is InChI=1S/C29H35N7O2/c1-5-6-26(37)36-16-22(17-36)35-11-8-20(9-12-35)24-13-25-28(18(2)32-24)38-19(3)27-23(7-10-30-29(27)33-25)21-14-31-34(4)15-21/h7,10,13-15,19-20,22-23,27H,8-9,11-12,16-17H2,1-4H3,(H,30,33)/t19-,23?,27?/m1/s1. The molecule has 0 saturated carbocycles. The molecule has 2 aromatic heterocycles.